The summed E-state index contributed by atoms with van der Waals surface area (Å²) in [6, 6.07) is 168. The van der Waals surface area contributed by atoms with Crippen LogP contribution in [-0.4, -0.2) is 0 Å². The Morgan fingerprint density at radius 1 is 0.148 bits per heavy atom. The minimum absolute atomic E-state index is 1.12. The van der Waals surface area contributed by atoms with Crippen LogP contribution >= 0.6 is 45.3 Å². The Bertz CT molecular complexity index is 9370. The zero-order chi connectivity index (χ0) is 94.6. The van der Waals surface area contributed by atoms with Gasteiger partial charge in [-0.3, -0.25) is 0 Å². The van der Waals surface area contributed by atoms with Gasteiger partial charge in [-0.1, -0.05) is 303 Å². The number of hydrogen-bond acceptors (Lipinski definition) is 8. The summed E-state index contributed by atoms with van der Waals surface area (Å²) in [7, 11) is 0. The largest absolute Gasteiger partial charge is 0.310 e. The average Bonchev–Trinajstić information content (AvgIpc) is 1.24. The molecule has 0 saturated carbocycles. The molecular weight excluding hydrogens is 1790 g/mol. The van der Waals surface area contributed by atoms with E-state index in [0.717, 1.165) is 68.2 Å². The van der Waals surface area contributed by atoms with Crippen molar-refractivity contribution in [1.82, 2.24) is 0 Å². The van der Waals surface area contributed by atoms with Crippen LogP contribution in [0.15, 0.2) is 449 Å². The quantitative estimate of drug-likeness (QED) is 0.0894. The van der Waals surface area contributed by atoms with Crippen LogP contribution in [0.2, 0.25) is 0 Å². The molecule has 0 aliphatic rings. The number of benzene rings is 24. The van der Waals surface area contributed by atoms with Crippen LogP contribution < -0.4 is 19.6 Å². The Labute approximate surface area is 839 Å². The molecule has 0 saturated heterocycles. The molecule has 0 fully saturated rings. The predicted molar refractivity (Wildman–Crippen MR) is 621 cm³/mol. The molecule has 0 spiro atoms. The van der Waals surface area contributed by atoms with Gasteiger partial charge in [0.05, 0.1) is 22.7 Å². The standard InChI is InChI=1S/C68H48N2S2.C66H44N2S2/c1-41-33-42(2)36-51(35-41)69(49-15-9-13-47(39-49)53-19-11-21-57-55-17-5-7-23-63(55)71-67(53)57)61-31-27-45-26-30-60-62(32-28-46-25-29-59(61)65(45)66(46)60)70(52-37-43(3)34-44(4)38-52)50-16-10-14-48(40-50)54-20-12-22-58-56-18-6-8-24-64(56)72-68(54)58;1-41-13-7-17-47(37-41)67(49-19-9-15-45(39-49)51-23-11-25-55-53-21-3-5-27-61(53)69-65(51)55)59-35-31-43-30-34-58-60(36-32-44-29-33-57(59)63(43)64(44)58)68(48-18-8-14-42(2)38-48)50-20-10-16-46(40-50)52-24-12-26-56-54-22-4-6-28-62(54)70-66(52)56/h5-40H,1-4H3;3-40H,1-2H3. The van der Waals surface area contributed by atoms with Crippen LogP contribution in [0.25, 0.3) is 190 Å². The number of fused-ring (bicyclic) bond motifs is 12. The highest BCUT2D eigenvalue weighted by Crippen LogP contribution is 2.55. The molecule has 0 aliphatic carbocycles. The summed E-state index contributed by atoms with van der Waals surface area (Å²) in [5.41, 5.74) is 30.9. The van der Waals surface area contributed by atoms with E-state index in [1.807, 2.05) is 45.3 Å². The lowest BCUT2D eigenvalue weighted by molar-refractivity contribution is 1.26. The van der Waals surface area contributed by atoms with Gasteiger partial charge in [0.1, 0.15) is 0 Å². The Morgan fingerprint density at radius 2 is 0.359 bits per heavy atom. The molecule has 0 amide bonds. The molecule has 8 heteroatoms. The van der Waals surface area contributed by atoms with E-state index in [0.29, 0.717) is 0 Å². The highest BCUT2D eigenvalue weighted by Gasteiger charge is 2.29. The zero-order valence-corrected chi connectivity index (χ0v) is 82.4. The van der Waals surface area contributed by atoms with Gasteiger partial charge in [-0.2, -0.15) is 0 Å². The van der Waals surface area contributed by atoms with Crippen LogP contribution in [0.4, 0.5) is 68.2 Å². The molecule has 4 nitrogen and oxygen atoms in total. The molecule has 0 aliphatic heterocycles. The van der Waals surface area contributed by atoms with Crippen LogP contribution in [0, 0.1) is 41.5 Å². The summed E-state index contributed by atoms with van der Waals surface area (Å²) >= 11 is 7.53. The minimum atomic E-state index is 1.12. The fourth-order valence-electron chi connectivity index (χ4n) is 22.9. The number of nitrogens with zero attached hydrogens (tertiary/aromatic N) is 4. The molecule has 4 heterocycles. The lowest BCUT2D eigenvalue weighted by atomic mass is 9.91. The van der Waals surface area contributed by atoms with Gasteiger partial charge in [-0.25, -0.2) is 0 Å². The monoisotopic (exact) mass is 1880 g/mol. The normalized spacial score (nSPS) is 11.9. The van der Waals surface area contributed by atoms with Crippen molar-refractivity contribution in [3.05, 3.63) is 482 Å². The first-order valence-electron chi connectivity index (χ1n) is 48.8. The van der Waals surface area contributed by atoms with Crippen molar-refractivity contribution >= 4 is 259 Å². The first-order chi connectivity index (χ1) is 69.8. The molecule has 0 radical (unpaired) electrons. The highest BCUT2D eigenvalue weighted by atomic mass is 32.1. The molecule has 4 aromatic heterocycles. The predicted octanol–water partition coefficient (Wildman–Crippen LogP) is 41.0. The molecule has 24 aromatic carbocycles. The average molecular weight is 1890 g/mol. The van der Waals surface area contributed by atoms with E-state index >= 15 is 0 Å². The van der Waals surface area contributed by atoms with Crippen LogP contribution in [0.5, 0.6) is 0 Å². The molecule has 142 heavy (non-hydrogen) atoms. The van der Waals surface area contributed by atoms with Crippen molar-refractivity contribution in [2.45, 2.75) is 41.5 Å². The molecular formula is C134H92N4S4. The summed E-state index contributed by atoms with van der Waals surface area (Å²) in [4.78, 5) is 9.92. The first kappa shape index (κ1) is 84.7. The van der Waals surface area contributed by atoms with E-state index < -0.39 is 0 Å². The highest BCUT2D eigenvalue weighted by molar-refractivity contribution is 7.27. The Hall–Kier alpha value is -16.6. The summed E-state index contributed by atoms with van der Waals surface area (Å²) in [5.74, 6) is 0. The van der Waals surface area contributed by atoms with Crippen molar-refractivity contribution in [2.24, 2.45) is 0 Å². The number of aryl methyl sites for hydroxylation is 6. The molecule has 28 aromatic rings. The Morgan fingerprint density at radius 3 is 0.620 bits per heavy atom. The van der Waals surface area contributed by atoms with Gasteiger partial charge < -0.3 is 19.6 Å². The van der Waals surface area contributed by atoms with E-state index in [1.165, 1.54) is 223 Å². The second-order valence-corrected chi connectivity index (χ2v) is 42.4. The van der Waals surface area contributed by atoms with E-state index in [1.54, 1.807) is 0 Å². The van der Waals surface area contributed by atoms with Crippen molar-refractivity contribution < 1.29 is 0 Å². The van der Waals surface area contributed by atoms with Gasteiger partial charge in [0.2, 0.25) is 0 Å². The smallest absolute Gasteiger partial charge is 0.0540 e. The molecule has 0 N–H and O–H groups in total. The zero-order valence-electron chi connectivity index (χ0n) is 79.1. The van der Waals surface area contributed by atoms with Crippen molar-refractivity contribution in [2.75, 3.05) is 19.6 Å². The maximum atomic E-state index is 2.49. The molecule has 28 rings (SSSR count). The number of hydrogen-bond donors (Lipinski definition) is 0. The minimum Gasteiger partial charge on any atom is -0.310 e. The SMILES string of the molecule is Cc1cc(C)cc(N(c2cccc(-c3cccc4c3sc3ccccc34)c2)c2ccc3ccc4c(N(c5cc(C)cc(C)c5)c5cccc(-c6cccc7c6sc6ccccc67)c5)ccc5ccc2c3c54)c1.Cc1cccc(N(c2cccc(-c3cccc4c3sc3ccccc34)c2)c2ccc3ccc4c(N(c5cccc(C)c5)c5cccc(-c6cccc7c6sc6ccccc67)c5)ccc5ccc2c3c54)c1. The Kier molecular flexibility index (Phi) is 20.4. The topological polar surface area (TPSA) is 13.0 Å². The summed E-state index contributed by atoms with van der Waals surface area (Å²) in [6.45, 7) is 13.2. The maximum absolute atomic E-state index is 2.49. The lowest BCUT2D eigenvalue weighted by Crippen LogP contribution is -2.12. The van der Waals surface area contributed by atoms with Crippen LogP contribution in [0.1, 0.15) is 33.4 Å². The number of anilines is 12. The third-order valence-electron chi connectivity index (χ3n) is 28.9. The fraction of sp³-hybridized carbons (Fsp3) is 0.0448. The van der Waals surface area contributed by atoms with E-state index in [4.69, 9.17) is 0 Å². The van der Waals surface area contributed by atoms with Crippen molar-refractivity contribution in [3.8, 4) is 44.5 Å². The summed E-state index contributed by atoms with van der Waals surface area (Å²) in [6.07, 6.45) is 0. The molecule has 0 unspecified atom stereocenters. The second kappa shape index (κ2) is 34.2. The number of rotatable bonds is 16. The third-order valence-corrected chi connectivity index (χ3v) is 33.8. The van der Waals surface area contributed by atoms with Crippen molar-refractivity contribution in [3.63, 3.8) is 0 Å². The first-order valence-corrected chi connectivity index (χ1v) is 52.0. The van der Waals surface area contributed by atoms with E-state index in [9.17, 15) is 0 Å². The maximum Gasteiger partial charge on any atom is 0.0540 e. The van der Waals surface area contributed by atoms with Gasteiger partial charge in [0, 0.05) is 148 Å². The van der Waals surface area contributed by atoms with Crippen LogP contribution in [0.3, 0.4) is 0 Å². The summed E-state index contributed by atoms with van der Waals surface area (Å²) < 4.78 is 10.5. The Balaban J connectivity index is 0.000000142. The molecule has 0 bridgehead atoms. The fourth-order valence-corrected chi connectivity index (χ4v) is 27.8. The third kappa shape index (κ3) is 14.3. The van der Waals surface area contributed by atoms with Gasteiger partial charge in [0.15, 0.2) is 0 Å². The van der Waals surface area contributed by atoms with Gasteiger partial charge in [-0.05, 0) is 308 Å². The lowest BCUT2D eigenvalue weighted by Gasteiger charge is -2.30. The van der Waals surface area contributed by atoms with Crippen molar-refractivity contribution in [1.29, 1.82) is 0 Å². The molecule has 0 atom stereocenters. The second-order valence-electron chi connectivity index (χ2n) is 38.2. The van der Waals surface area contributed by atoms with E-state index in [2.05, 4.69) is 510 Å². The molecule has 672 valence electrons. The van der Waals surface area contributed by atoms with Gasteiger partial charge in [0.25, 0.3) is 0 Å². The van der Waals surface area contributed by atoms with Gasteiger partial charge >= 0.3 is 0 Å². The summed E-state index contributed by atoms with van der Waals surface area (Å²) in [5, 5.41) is 25.4. The van der Waals surface area contributed by atoms with Gasteiger partial charge in [-0.15, -0.1) is 45.3 Å². The van der Waals surface area contributed by atoms with Crippen LogP contribution in [-0.2, 0) is 0 Å². The number of thiophene rings is 4. The van der Waals surface area contributed by atoms with E-state index in [-0.39, 0.29) is 0 Å².